The van der Waals surface area contributed by atoms with E-state index in [4.69, 9.17) is 0 Å². The molecule has 0 atom stereocenters. The van der Waals surface area contributed by atoms with Gasteiger partial charge in [-0.3, -0.25) is 0 Å². The van der Waals surface area contributed by atoms with Gasteiger partial charge >= 0.3 is 34.6 Å². The van der Waals surface area contributed by atoms with Gasteiger partial charge in [-0.1, -0.05) is 105 Å². The first-order chi connectivity index (χ1) is 12.1. The van der Waals surface area contributed by atoms with Crippen LogP contribution in [0.3, 0.4) is 0 Å². The monoisotopic (exact) mass is 516 g/mol. The molecule has 0 aliphatic rings. The minimum absolute atomic E-state index is 0.543. The van der Waals surface area contributed by atoms with Crippen LogP contribution in [0.2, 0.25) is 14.8 Å². The van der Waals surface area contributed by atoms with Gasteiger partial charge < -0.3 is 0 Å². The first kappa shape index (κ1) is 20.5. The Morgan fingerprint density at radius 2 is 1.08 bits per heavy atom. The molecule has 25 heavy (non-hydrogen) atoms. The van der Waals surface area contributed by atoms with Crippen LogP contribution < -0.4 is 10.4 Å². The Labute approximate surface area is 169 Å². The Morgan fingerprint density at radius 1 is 0.680 bits per heavy atom. The van der Waals surface area contributed by atoms with E-state index in [1.54, 1.807) is 0 Å². The van der Waals surface area contributed by atoms with Crippen LogP contribution in [0.1, 0.15) is 5.56 Å². The molecule has 0 heterocycles. The van der Waals surface area contributed by atoms with Crippen LogP contribution in [0.4, 0.5) is 0 Å². The van der Waals surface area contributed by atoms with Crippen LogP contribution in [0, 0.1) is 0 Å². The molecule has 3 aromatic rings. The molecule has 3 rings (SSSR count). The average molecular weight is 516 g/mol. The SMILES string of the molecule is Brc1ccccc1C[Si](c1ccccc1)c1ccccc1.[CH3][Sn]([CH3])[CH3]. The molecule has 0 amide bonds. The zero-order valence-corrected chi connectivity index (χ0v) is 20.6. The van der Waals surface area contributed by atoms with Crippen molar-refractivity contribution in [2.24, 2.45) is 0 Å². The number of benzene rings is 3. The van der Waals surface area contributed by atoms with Gasteiger partial charge in [-0.2, -0.15) is 0 Å². The van der Waals surface area contributed by atoms with Crippen molar-refractivity contribution in [2.45, 2.75) is 20.9 Å². The third kappa shape index (κ3) is 7.12. The van der Waals surface area contributed by atoms with Gasteiger partial charge in [0, 0.05) is 4.47 Å². The van der Waals surface area contributed by atoms with Crippen molar-refractivity contribution >= 4 is 54.9 Å². The third-order valence-corrected chi connectivity index (χ3v) is 7.14. The summed E-state index contributed by atoms with van der Waals surface area (Å²) in [6, 6.07) is 31.4. The molecule has 0 nitrogen and oxygen atoms in total. The first-order valence-electron chi connectivity index (χ1n) is 8.54. The van der Waals surface area contributed by atoms with E-state index in [9.17, 15) is 0 Å². The molecular weight excluding hydrogens is 491 g/mol. The van der Waals surface area contributed by atoms with Crippen LogP contribution in [0.5, 0.6) is 0 Å². The Morgan fingerprint density at radius 3 is 1.52 bits per heavy atom. The second kappa shape index (κ2) is 11.0. The van der Waals surface area contributed by atoms with Gasteiger partial charge in [-0.05, 0) is 17.7 Å². The van der Waals surface area contributed by atoms with Gasteiger partial charge in [0.1, 0.15) is 8.80 Å². The van der Waals surface area contributed by atoms with Gasteiger partial charge in [0.25, 0.3) is 0 Å². The van der Waals surface area contributed by atoms with Crippen LogP contribution >= 0.6 is 15.9 Å². The summed E-state index contributed by atoms with van der Waals surface area (Å²) >= 11 is 3.14. The maximum atomic E-state index is 3.69. The Balaban J connectivity index is 0.000000511. The normalized spacial score (nSPS) is 10.5. The fourth-order valence-corrected chi connectivity index (χ4v) is 5.79. The predicted octanol–water partition coefficient (Wildman–Crippen LogP) is 5.21. The summed E-state index contributed by atoms with van der Waals surface area (Å²) in [4.78, 5) is 7.09. The van der Waals surface area contributed by atoms with E-state index in [1.807, 2.05) is 0 Å². The molecule has 0 aliphatic carbocycles. The Kier molecular flexibility index (Phi) is 9.00. The van der Waals surface area contributed by atoms with Gasteiger partial charge in [0.15, 0.2) is 0 Å². The molecule has 0 N–H and O–H groups in total. The molecule has 0 bridgehead atoms. The molecule has 0 aromatic heterocycles. The molecular formula is C22H25BrSiSn. The Bertz CT molecular complexity index is 702. The van der Waals surface area contributed by atoms with Crippen molar-refractivity contribution in [2.75, 3.05) is 0 Å². The third-order valence-electron chi connectivity index (χ3n) is 3.57. The minimum atomic E-state index is -0.804. The summed E-state index contributed by atoms with van der Waals surface area (Å²) in [5, 5.41) is 2.92. The van der Waals surface area contributed by atoms with E-state index in [0.717, 1.165) is 6.04 Å². The Hall–Kier alpha value is -0.844. The molecule has 0 aliphatic heterocycles. The molecule has 0 saturated heterocycles. The van der Waals surface area contributed by atoms with E-state index in [2.05, 4.69) is 116 Å². The molecule has 3 heteroatoms. The van der Waals surface area contributed by atoms with E-state index < -0.39 is 28.6 Å². The van der Waals surface area contributed by atoms with E-state index >= 15 is 0 Å². The molecule has 0 fully saturated rings. The standard InChI is InChI=1S/C19H16BrSi.3CH3.Sn/c20-19-14-8-7-9-16(19)15-21(17-10-3-1-4-11-17)18-12-5-2-6-13-18;;;;/h1-14H,15H2;3*1H3;. The zero-order chi connectivity index (χ0) is 18.1. The fourth-order valence-electron chi connectivity index (χ4n) is 2.48. The van der Waals surface area contributed by atoms with Crippen molar-refractivity contribution in [3.05, 3.63) is 95.0 Å². The van der Waals surface area contributed by atoms with Crippen LogP contribution in [0.25, 0.3) is 0 Å². The van der Waals surface area contributed by atoms with Crippen molar-refractivity contribution in [3.63, 3.8) is 0 Å². The van der Waals surface area contributed by atoms with Gasteiger partial charge in [0.05, 0.1) is 0 Å². The van der Waals surface area contributed by atoms with Crippen LogP contribution in [-0.4, -0.2) is 28.6 Å². The van der Waals surface area contributed by atoms with Gasteiger partial charge in [-0.15, -0.1) is 0 Å². The summed E-state index contributed by atoms with van der Waals surface area (Å²) < 4.78 is 1.21. The molecule has 128 valence electrons. The molecule has 0 saturated carbocycles. The number of hydrogen-bond acceptors (Lipinski definition) is 0. The van der Waals surface area contributed by atoms with Crippen LogP contribution in [0.15, 0.2) is 89.4 Å². The summed E-state index contributed by atoms with van der Waals surface area (Å²) in [7, 11) is -0.804. The first-order valence-corrected chi connectivity index (χ1v) is 19.6. The van der Waals surface area contributed by atoms with Crippen molar-refractivity contribution in [1.29, 1.82) is 0 Å². The van der Waals surface area contributed by atoms with Crippen molar-refractivity contribution in [3.8, 4) is 0 Å². The average Bonchev–Trinajstić information content (AvgIpc) is 2.62. The fraction of sp³-hybridized carbons (Fsp3) is 0.182. The molecule has 2 radical (unpaired) electrons. The van der Waals surface area contributed by atoms with Gasteiger partial charge in [0.2, 0.25) is 0 Å². The van der Waals surface area contributed by atoms with E-state index in [1.165, 1.54) is 20.4 Å². The predicted molar refractivity (Wildman–Crippen MR) is 119 cm³/mol. The second-order valence-electron chi connectivity index (χ2n) is 6.48. The maximum absolute atomic E-state index is 3.69. The number of halogens is 1. The van der Waals surface area contributed by atoms with Crippen molar-refractivity contribution in [1.82, 2.24) is 0 Å². The molecule has 0 unspecified atom stereocenters. The summed E-state index contributed by atoms with van der Waals surface area (Å²) in [5.41, 5.74) is 1.39. The van der Waals surface area contributed by atoms with Crippen LogP contribution in [-0.2, 0) is 6.04 Å². The second-order valence-corrected chi connectivity index (χ2v) is 18.4. The van der Waals surface area contributed by atoms with Gasteiger partial charge in [-0.25, -0.2) is 0 Å². The van der Waals surface area contributed by atoms with Crippen molar-refractivity contribution < 1.29 is 0 Å². The topological polar surface area (TPSA) is 0 Å². The van der Waals surface area contributed by atoms with E-state index in [0.29, 0.717) is 0 Å². The quantitative estimate of drug-likeness (QED) is 0.418. The molecule has 0 spiro atoms. The number of hydrogen-bond donors (Lipinski definition) is 0. The van der Waals surface area contributed by atoms with E-state index in [-0.39, 0.29) is 0 Å². The number of rotatable bonds is 4. The summed E-state index contributed by atoms with van der Waals surface area (Å²) in [6.07, 6.45) is 0. The molecule has 3 aromatic carbocycles. The zero-order valence-electron chi connectivity index (χ0n) is 15.2. The summed E-state index contributed by atoms with van der Waals surface area (Å²) in [6.45, 7) is 0. The summed E-state index contributed by atoms with van der Waals surface area (Å²) in [5.74, 6) is 0.